The molecule has 0 saturated heterocycles. The lowest BCUT2D eigenvalue weighted by molar-refractivity contribution is -0.128. The molecule has 3 rings (SSSR count). The lowest BCUT2D eigenvalue weighted by Gasteiger charge is -2.24. The van der Waals surface area contributed by atoms with Crippen LogP contribution in [0.5, 0.6) is 5.75 Å². The number of rotatable bonds is 9. The number of ether oxygens (including phenoxy) is 1. The maximum Gasteiger partial charge on any atom is 0.258 e. The molecule has 2 amide bonds. The van der Waals surface area contributed by atoms with Crippen LogP contribution in [0.4, 0.5) is 11.4 Å². The highest BCUT2D eigenvalue weighted by Gasteiger charge is 2.28. The molecule has 194 valence electrons. The zero-order chi connectivity index (χ0) is 27.0. The molecular formula is C30H35N3O3S. The lowest BCUT2D eigenvalue weighted by Crippen LogP contribution is -2.42. The largest absolute Gasteiger partial charge is 0.493 e. The number of carbonyl (C=O) groups is 2. The van der Waals surface area contributed by atoms with Crippen molar-refractivity contribution in [2.45, 2.75) is 40.5 Å². The summed E-state index contributed by atoms with van der Waals surface area (Å²) in [5.41, 5.74) is 3.55. The van der Waals surface area contributed by atoms with E-state index in [1.54, 1.807) is 36.2 Å². The van der Waals surface area contributed by atoms with Gasteiger partial charge < -0.3 is 20.3 Å². The van der Waals surface area contributed by atoms with E-state index < -0.39 is 5.41 Å². The molecule has 0 bridgehead atoms. The fourth-order valence-electron chi connectivity index (χ4n) is 3.80. The van der Waals surface area contributed by atoms with Gasteiger partial charge in [-0.3, -0.25) is 9.59 Å². The number of benzene rings is 3. The molecule has 0 atom stereocenters. The summed E-state index contributed by atoms with van der Waals surface area (Å²) in [6, 6.07) is 22.6. The quantitative estimate of drug-likeness (QED) is 0.258. The standard InChI is InChI=1S/C30H35N3O3S/c1-21-15-16-22(2)26(19-21)36-18-10-17-30(3,4)28(35)32-29(37)31-24-12-9-11-23(20-24)27(34)33(5)25-13-7-6-8-14-25/h6-9,11-16,19-20H,10,17-18H2,1-5H3,(H2,31,32,35,37). The van der Waals surface area contributed by atoms with Crippen molar-refractivity contribution < 1.29 is 14.3 Å². The van der Waals surface area contributed by atoms with Crippen LogP contribution in [0.25, 0.3) is 0 Å². The number of hydrogen-bond donors (Lipinski definition) is 2. The van der Waals surface area contributed by atoms with E-state index in [0.717, 1.165) is 29.0 Å². The highest BCUT2D eigenvalue weighted by Crippen LogP contribution is 2.24. The van der Waals surface area contributed by atoms with E-state index in [1.165, 1.54) is 0 Å². The fraction of sp³-hybridized carbons (Fsp3) is 0.300. The number of hydrogen-bond acceptors (Lipinski definition) is 4. The first-order valence-corrected chi connectivity index (χ1v) is 12.7. The highest BCUT2D eigenvalue weighted by molar-refractivity contribution is 7.80. The van der Waals surface area contributed by atoms with Gasteiger partial charge in [-0.1, -0.05) is 50.2 Å². The topological polar surface area (TPSA) is 70.7 Å². The Hall–Kier alpha value is -3.71. The van der Waals surface area contributed by atoms with Crippen molar-refractivity contribution in [3.05, 3.63) is 89.5 Å². The fourth-order valence-corrected chi connectivity index (χ4v) is 4.01. The van der Waals surface area contributed by atoms with Crippen LogP contribution in [-0.4, -0.2) is 30.6 Å². The number of nitrogens with one attached hydrogen (secondary N) is 2. The number of aryl methyl sites for hydroxylation is 2. The SMILES string of the molecule is Cc1ccc(C)c(OCCCC(C)(C)C(=O)NC(=S)Nc2cccc(C(=O)N(C)c3ccccc3)c2)c1. The number of amides is 2. The first kappa shape index (κ1) is 27.9. The van der Waals surface area contributed by atoms with Crippen molar-refractivity contribution in [3.63, 3.8) is 0 Å². The summed E-state index contributed by atoms with van der Waals surface area (Å²) in [4.78, 5) is 27.4. The molecule has 3 aromatic carbocycles. The van der Waals surface area contributed by atoms with Crippen LogP contribution in [0.15, 0.2) is 72.8 Å². The minimum atomic E-state index is -0.632. The van der Waals surface area contributed by atoms with Crippen molar-refractivity contribution in [1.82, 2.24) is 5.32 Å². The third-order valence-electron chi connectivity index (χ3n) is 6.20. The van der Waals surface area contributed by atoms with Gasteiger partial charge in [-0.25, -0.2) is 0 Å². The van der Waals surface area contributed by atoms with Gasteiger partial charge in [0, 0.05) is 29.4 Å². The molecule has 0 aliphatic rings. The molecule has 0 aromatic heterocycles. The van der Waals surface area contributed by atoms with Crippen molar-refractivity contribution in [1.29, 1.82) is 0 Å². The number of anilines is 2. The molecule has 0 heterocycles. The monoisotopic (exact) mass is 517 g/mol. The third kappa shape index (κ3) is 7.89. The van der Waals surface area contributed by atoms with E-state index in [-0.39, 0.29) is 16.9 Å². The Balaban J connectivity index is 1.51. The van der Waals surface area contributed by atoms with Gasteiger partial charge in [-0.2, -0.15) is 0 Å². The first-order valence-electron chi connectivity index (χ1n) is 12.3. The van der Waals surface area contributed by atoms with E-state index in [9.17, 15) is 9.59 Å². The number of carbonyl (C=O) groups excluding carboxylic acids is 2. The maximum absolute atomic E-state index is 12.9. The van der Waals surface area contributed by atoms with Crippen LogP contribution in [0.3, 0.4) is 0 Å². The first-order chi connectivity index (χ1) is 17.6. The molecule has 0 saturated carbocycles. The maximum atomic E-state index is 12.9. The molecule has 6 nitrogen and oxygen atoms in total. The molecule has 0 unspecified atom stereocenters. The van der Waals surface area contributed by atoms with Gasteiger partial charge in [0.05, 0.1) is 6.61 Å². The second-order valence-electron chi connectivity index (χ2n) is 9.79. The number of thiocarbonyl (C=S) groups is 1. The van der Waals surface area contributed by atoms with E-state index in [1.807, 2.05) is 70.2 Å². The molecule has 0 aliphatic carbocycles. The van der Waals surface area contributed by atoms with Crippen LogP contribution in [-0.2, 0) is 4.79 Å². The average Bonchev–Trinajstić information content (AvgIpc) is 2.88. The van der Waals surface area contributed by atoms with Gasteiger partial charge in [0.15, 0.2) is 5.11 Å². The Bertz CT molecular complexity index is 1260. The van der Waals surface area contributed by atoms with Gasteiger partial charge in [-0.15, -0.1) is 0 Å². The normalized spacial score (nSPS) is 10.9. The third-order valence-corrected chi connectivity index (χ3v) is 6.41. The Morgan fingerprint density at radius 3 is 2.43 bits per heavy atom. The van der Waals surface area contributed by atoms with E-state index in [2.05, 4.69) is 16.7 Å². The van der Waals surface area contributed by atoms with Gasteiger partial charge in [0.1, 0.15) is 5.75 Å². The molecule has 3 aromatic rings. The molecule has 7 heteroatoms. The Kier molecular flexibility index (Phi) is 9.42. The second-order valence-corrected chi connectivity index (χ2v) is 10.2. The van der Waals surface area contributed by atoms with E-state index >= 15 is 0 Å². The summed E-state index contributed by atoms with van der Waals surface area (Å²) >= 11 is 5.38. The molecule has 0 fully saturated rings. The second kappa shape index (κ2) is 12.5. The number of nitrogens with zero attached hydrogens (tertiary/aromatic N) is 1. The minimum Gasteiger partial charge on any atom is -0.493 e. The van der Waals surface area contributed by atoms with Crippen LogP contribution >= 0.6 is 12.2 Å². The smallest absolute Gasteiger partial charge is 0.258 e. The van der Waals surface area contributed by atoms with Crippen molar-refractivity contribution >= 4 is 40.5 Å². The minimum absolute atomic E-state index is 0.144. The van der Waals surface area contributed by atoms with Gasteiger partial charge in [-0.05, 0) is 86.4 Å². The summed E-state index contributed by atoms with van der Waals surface area (Å²) in [7, 11) is 1.73. The molecule has 2 N–H and O–H groups in total. The van der Waals surface area contributed by atoms with Gasteiger partial charge in [0.25, 0.3) is 5.91 Å². The Morgan fingerprint density at radius 2 is 1.70 bits per heavy atom. The summed E-state index contributed by atoms with van der Waals surface area (Å²) in [5.74, 6) is 0.560. The van der Waals surface area contributed by atoms with Crippen molar-refractivity contribution in [3.8, 4) is 5.75 Å². The predicted octanol–water partition coefficient (Wildman–Crippen LogP) is 6.28. The van der Waals surface area contributed by atoms with Crippen LogP contribution in [0.1, 0.15) is 48.2 Å². The molecule has 0 spiro atoms. The van der Waals surface area contributed by atoms with E-state index in [0.29, 0.717) is 24.3 Å². The summed E-state index contributed by atoms with van der Waals surface area (Å²) < 4.78 is 5.93. The Morgan fingerprint density at radius 1 is 0.973 bits per heavy atom. The average molecular weight is 518 g/mol. The summed E-state index contributed by atoms with van der Waals surface area (Å²) in [6.07, 6.45) is 1.37. The lowest BCUT2D eigenvalue weighted by atomic mass is 9.87. The number of para-hydroxylation sites is 1. The van der Waals surface area contributed by atoms with Gasteiger partial charge >= 0.3 is 0 Å². The highest BCUT2D eigenvalue weighted by atomic mass is 32.1. The zero-order valence-electron chi connectivity index (χ0n) is 22.1. The predicted molar refractivity (Wildman–Crippen MR) is 154 cm³/mol. The Labute approximate surface area is 225 Å². The van der Waals surface area contributed by atoms with Crippen molar-refractivity contribution in [2.75, 3.05) is 23.9 Å². The summed E-state index contributed by atoms with van der Waals surface area (Å²) in [6.45, 7) is 8.37. The molecule has 0 radical (unpaired) electrons. The van der Waals surface area contributed by atoms with Crippen LogP contribution in [0, 0.1) is 19.3 Å². The summed E-state index contributed by atoms with van der Waals surface area (Å²) in [5, 5.41) is 6.00. The van der Waals surface area contributed by atoms with E-state index in [4.69, 9.17) is 17.0 Å². The van der Waals surface area contributed by atoms with Gasteiger partial charge in [0.2, 0.25) is 5.91 Å². The van der Waals surface area contributed by atoms with Crippen LogP contribution in [0.2, 0.25) is 0 Å². The van der Waals surface area contributed by atoms with Crippen molar-refractivity contribution in [2.24, 2.45) is 5.41 Å². The molecule has 0 aliphatic heterocycles. The van der Waals surface area contributed by atoms with Crippen LogP contribution < -0.4 is 20.3 Å². The molecule has 37 heavy (non-hydrogen) atoms. The molecular weight excluding hydrogens is 482 g/mol. The zero-order valence-corrected chi connectivity index (χ0v) is 22.9.